The molecule has 0 atom stereocenters. The van der Waals surface area contributed by atoms with E-state index < -0.39 is 0 Å². The highest BCUT2D eigenvalue weighted by molar-refractivity contribution is 5.11. The summed E-state index contributed by atoms with van der Waals surface area (Å²) in [5.41, 5.74) is -0.219. The van der Waals surface area contributed by atoms with Crippen molar-refractivity contribution in [2.45, 2.75) is 31.2 Å². The lowest BCUT2D eigenvalue weighted by atomic mass is 10.00. The summed E-state index contributed by atoms with van der Waals surface area (Å²) in [4.78, 5) is 0. The summed E-state index contributed by atoms with van der Waals surface area (Å²) in [6, 6.07) is 6.41. The van der Waals surface area contributed by atoms with Crippen molar-refractivity contribution in [1.29, 1.82) is 5.26 Å². The first-order valence-corrected chi connectivity index (χ1v) is 4.42. The highest BCUT2D eigenvalue weighted by Gasteiger charge is 2.34. The monoisotopic (exact) mass is 160 g/mol. The molecule has 1 aromatic heterocycles. The molecule has 1 aromatic rings. The lowest BCUT2D eigenvalue weighted by molar-refractivity contribution is 0.396. The zero-order chi connectivity index (χ0) is 8.44. The average molecular weight is 160 g/mol. The number of rotatable bonds is 1. The van der Waals surface area contributed by atoms with Crippen LogP contribution in [0.1, 0.15) is 25.7 Å². The Morgan fingerprint density at radius 2 is 1.75 bits per heavy atom. The van der Waals surface area contributed by atoms with E-state index in [0.29, 0.717) is 0 Å². The topological polar surface area (TPSA) is 28.7 Å². The molecule has 0 aliphatic heterocycles. The van der Waals surface area contributed by atoms with Crippen LogP contribution in [0.5, 0.6) is 0 Å². The van der Waals surface area contributed by atoms with Crippen molar-refractivity contribution in [2.75, 3.05) is 0 Å². The highest BCUT2D eigenvalue weighted by atomic mass is 15.0. The maximum atomic E-state index is 9.12. The van der Waals surface area contributed by atoms with E-state index >= 15 is 0 Å². The van der Waals surface area contributed by atoms with Crippen molar-refractivity contribution in [3.8, 4) is 6.07 Å². The van der Waals surface area contributed by atoms with Crippen LogP contribution in [0.4, 0.5) is 0 Å². The van der Waals surface area contributed by atoms with Crippen LogP contribution in [0, 0.1) is 11.3 Å². The summed E-state index contributed by atoms with van der Waals surface area (Å²) < 4.78 is 2.06. The lowest BCUT2D eigenvalue weighted by Gasteiger charge is -2.22. The molecule has 0 aromatic carbocycles. The molecule has 62 valence electrons. The number of aromatic nitrogens is 1. The third kappa shape index (κ3) is 0.937. The van der Waals surface area contributed by atoms with Gasteiger partial charge in [0.05, 0.1) is 6.07 Å². The van der Waals surface area contributed by atoms with Crippen molar-refractivity contribution in [3.05, 3.63) is 24.5 Å². The van der Waals surface area contributed by atoms with Gasteiger partial charge in [-0.15, -0.1) is 0 Å². The SMILES string of the molecule is N#CC1(n2cccc2)CCCC1. The molecule has 0 radical (unpaired) electrons. The Morgan fingerprint density at radius 1 is 1.17 bits per heavy atom. The molecule has 12 heavy (non-hydrogen) atoms. The Kier molecular flexibility index (Phi) is 1.65. The molecule has 0 amide bonds. The fourth-order valence-electron chi connectivity index (χ4n) is 2.01. The van der Waals surface area contributed by atoms with Gasteiger partial charge >= 0.3 is 0 Å². The van der Waals surface area contributed by atoms with E-state index in [4.69, 9.17) is 5.26 Å². The fraction of sp³-hybridized carbons (Fsp3) is 0.500. The summed E-state index contributed by atoms with van der Waals surface area (Å²) in [6.45, 7) is 0. The van der Waals surface area contributed by atoms with Crippen molar-refractivity contribution in [2.24, 2.45) is 0 Å². The van der Waals surface area contributed by atoms with Crippen LogP contribution in [0.2, 0.25) is 0 Å². The smallest absolute Gasteiger partial charge is 0.131 e. The molecule has 0 bridgehead atoms. The van der Waals surface area contributed by atoms with Crippen LogP contribution in [0.15, 0.2) is 24.5 Å². The molecule has 1 saturated carbocycles. The minimum atomic E-state index is -0.219. The van der Waals surface area contributed by atoms with Crippen LogP contribution in [-0.2, 0) is 5.54 Å². The summed E-state index contributed by atoms with van der Waals surface area (Å²) >= 11 is 0. The third-order valence-corrected chi connectivity index (χ3v) is 2.74. The molecule has 2 heteroatoms. The van der Waals surface area contributed by atoms with Gasteiger partial charge in [0.25, 0.3) is 0 Å². The number of hydrogen-bond donors (Lipinski definition) is 0. The Labute approximate surface area is 72.4 Å². The summed E-state index contributed by atoms with van der Waals surface area (Å²) in [6.07, 6.45) is 8.39. The predicted molar refractivity (Wildman–Crippen MR) is 46.5 cm³/mol. The van der Waals surface area contributed by atoms with Crippen LogP contribution in [-0.4, -0.2) is 4.57 Å². The second kappa shape index (κ2) is 2.67. The Balaban J connectivity index is 2.36. The zero-order valence-electron chi connectivity index (χ0n) is 7.03. The first-order valence-electron chi connectivity index (χ1n) is 4.42. The van der Waals surface area contributed by atoms with Gasteiger partial charge in [-0.05, 0) is 37.8 Å². The molecule has 0 unspecified atom stereocenters. The maximum absolute atomic E-state index is 9.12. The minimum Gasteiger partial charge on any atom is -0.335 e. The molecule has 0 saturated heterocycles. The van der Waals surface area contributed by atoms with Crippen molar-refractivity contribution >= 4 is 0 Å². The average Bonchev–Trinajstić information content (AvgIpc) is 2.76. The van der Waals surface area contributed by atoms with E-state index in [1.807, 2.05) is 24.5 Å². The lowest BCUT2D eigenvalue weighted by Crippen LogP contribution is -2.26. The van der Waals surface area contributed by atoms with E-state index in [0.717, 1.165) is 12.8 Å². The van der Waals surface area contributed by atoms with Crippen LogP contribution < -0.4 is 0 Å². The van der Waals surface area contributed by atoms with E-state index in [2.05, 4.69) is 10.6 Å². The highest BCUT2D eigenvalue weighted by Crippen LogP contribution is 2.35. The molecular weight excluding hydrogens is 148 g/mol. The van der Waals surface area contributed by atoms with Crippen LogP contribution in [0.25, 0.3) is 0 Å². The standard InChI is InChI=1S/C10H12N2/c11-9-10(5-1-2-6-10)12-7-3-4-8-12/h3-4,7-8H,1-2,5-6H2. The second-order valence-corrected chi connectivity index (χ2v) is 3.44. The molecule has 2 rings (SSSR count). The fourth-order valence-corrected chi connectivity index (χ4v) is 2.01. The number of nitrogens with zero attached hydrogens (tertiary/aromatic N) is 2. The summed E-state index contributed by atoms with van der Waals surface area (Å²) in [5, 5.41) is 9.12. The molecule has 1 fully saturated rings. The molecule has 1 heterocycles. The Bertz CT molecular complexity index is 286. The number of hydrogen-bond acceptors (Lipinski definition) is 1. The normalized spacial score (nSPS) is 20.6. The van der Waals surface area contributed by atoms with Gasteiger partial charge in [0.15, 0.2) is 0 Å². The largest absolute Gasteiger partial charge is 0.335 e. The van der Waals surface area contributed by atoms with Gasteiger partial charge in [0.2, 0.25) is 0 Å². The van der Waals surface area contributed by atoms with E-state index in [-0.39, 0.29) is 5.54 Å². The van der Waals surface area contributed by atoms with Crippen molar-refractivity contribution in [3.63, 3.8) is 0 Å². The maximum Gasteiger partial charge on any atom is 0.131 e. The van der Waals surface area contributed by atoms with Crippen molar-refractivity contribution in [1.82, 2.24) is 4.57 Å². The number of nitriles is 1. The van der Waals surface area contributed by atoms with Gasteiger partial charge in [0, 0.05) is 12.4 Å². The van der Waals surface area contributed by atoms with E-state index in [1.165, 1.54) is 12.8 Å². The minimum absolute atomic E-state index is 0.219. The van der Waals surface area contributed by atoms with Gasteiger partial charge in [-0.1, -0.05) is 0 Å². The summed E-state index contributed by atoms with van der Waals surface area (Å²) in [5.74, 6) is 0. The zero-order valence-corrected chi connectivity index (χ0v) is 7.03. The molecule has 1 aliphatic carbocycles. The van der Waals surface area contributed by atoms with Crippen molar-refractivity contribution < 1.29 is 0 Å². The Morgan fingerprint density at radius 3 is 2.25 bits per heavy atom. The summed E-state index contributed by atoms with van der Waals surface area (Å²) in [7, 11) is 0. The first-order chi connectivity index (χ1) is 5.87. The predicted octanol–water partition coefficient (Wildman–Crippen LogP) is 2.28. The van der Waals surface area contributed by atoms with Gasteiger partial charge in [-0.25, -0.2) is 0 Å². The van der Waals surface area contributed by atoms with Crippen LogP contribution in [0.3, 0.4) is 0 Å². The van der Waals surface area contributed by atoms with E-state index in [1.54, 1.807) is 0 Å². The van der Waals surface area contributed by atoms with Gasteiger partial charge < -0.3 is 4.57 Å². The van der Waals surface area contributed by atoms with Gasteiger partial charge in [-0.3, -0.25) is 0 Å². The molecule has 0 spiro atoms. The Hall–Kier alpha value is -1.23. The first kappa shape index (κ1) is 7.42. The quantitative estimate of drug-likeness (QED) is 0.619. The van der Waals surface area contributed by atoms with Gasteiger partial charge in [0.1, 0.15) is 5.54 Å². The second-order valence-electron chi connectivity index (χ2n) is 3.44. The molecule has 0 N–H and O–H groups in total. The molecule has 1 aliphatic rings. The third-order valence-electron chi connectivity index (χ3n) is 2.74. The molecule has 2 nitrogen and oxygen atoms in total. The van der Waals surface area contributed by atoms with Crippen LogP contribution >= 0.6 is 0 Å². The van der Waals surface area contributed by atoms with Gasteiger partial charge in [-0.2, -0.15) is 5.26 Å². The van der Waals surface area contributed by atoms with E-state index in [9.17, 15) is 0 Å². The molecular formula is C10H12N2.